The quantitative estimate of drug-likeness (QED) is 0.393. The highest BCUT2D eigenvalue weighted by Crippen LogP contribution is 2.37. The summed E-state index contributed by atoms with van der Waals surface area (Å²) < 4.78 is 27.3. The lowest BCUT2D eigenvalue weighted by Crippen LogP contribution is -2.28. The number of benzene rings is 2. The van der Waals surface area contributed by atoms with Gasteiger partial charge in [0, 0.05) is 25.2 Å². The van der Waals surface area contributed by atoms with E-state index in [0.717, 1.165) is 39.0 Å². The average molecular weight is 451 g/mol. The van der Waals surface area contributed by atoms with Crippen molar-refractivity contribution in [3.8, 4) is 11.5 Å². The maximum absolute atomic E-state index is 13.4. The van der Waals surface area contributed by atoms with Crippen molar-refractivity contribution in [1.29, 1.82) is 0 Å². The molecule has 0 atom stereocenters. The monoisotopic (exact) mass is 450 g/mol. The van der Waals surface area contributed by atoms with Crippen molar-refractivity contribution in [2.75, 3.05) is 20.8 Å². The molecule has 0 N–H and O–H groups in total. The molecule has 0 bridgehead atoms. The van der Waals surface area contributed by atoms with Crippen LogP contribution in [0.1, 0.15) is 27.2 Å². The number of hydrogen-bond acceptors (Lipinski definition) is 4. The number of carbonyl (C=O) groups is 1. The Morgan fingerprint density at radius 2 is 1.75 bits per heavy atom. The van der Waals surface area contributed by atoms with E-state index in [9.17, 15) is 9.18 Å². The Hall–Kier alpha value is -3.32. The predicted octanol–water partition coefficient (Wildman–Crippen LogP) is 5.11. The molecule has 1 amide bonds. The highest BCUT2D eigenvalue weighted by molar-refractivity contribution is 7.17. The van der Waals surface area contributed by atoms with Crippen LogP contribution in [0.25, 0.3) is 10.2 Å². The van der Waals surface area contributed by atoms with Crippen LogP contribution in [-0.2, 0) is 19.5 Å². The summed E-state index contributed by atoms with van der Waals surface area (Å²) >= 11 is 1.66. The number of aromatic nitrogens is 1. The molecule has 0 saturated carbocycles. The molecule has 2 aromatic carbocycles. The highest BCUT2D eigenvalue weighted by atomic mass is 32.1. The van der Waals surface area contributed by atoms with E-state index in [1.165, 1.54) is 12.1 Å². The van der Waals surface area contributed by atoms with E-state index >= 15 is 0 Å². The minimum Gasteiger partial charge on any atom is -0.493 e. The zero-order chi connectivity index (χ0) is 22.2. The molecular weight excluding hydrogens is 427 g/mol. The third-order valence-electron chi connectivity index (χ3n) is 5.98. The van der Waals surface area contributed by atoms with Crippen LogP contribution in [0.4, 0.5) is 4.39 Å². The summed E-state index contributed by atoms with van der Waals surface area (Å²) in [4.78, 5) is 15.3. The van der Waals surface area contributed by atoms with Crippen molar-refractivity contribution in [1.82, 2.24) is 9.47 Å². The van der Waals surface area contributed by atoms with Crippen LogP contribution in [0.15, 0.2) is 53.9 Å². The number of fused-ring (bicyclic) bond motifs is 3. The molecule has 0 unspecified atom stereocenters. The van der Waals surface area contributed by atoms with Crippen molar-refractivity contribution >= 4 is 27.5 Å². The van der Waals surface area contributed by atoms with E-state index < -0.39 is 0 Å². The van der Waals surface area contributed by atoms with Crippen LogP contribution in [0.5, 0.6) is 11.5 Å². The molecule has 1 aliphatic heterocycles. The lowest BCUT2D eigenvalue weighted by molar-refractivity contribution is 0.0772. The zero-order valence-corrected chi connectivity index (χ0v) is 18.7. The van der Waals surface area contributed by atoms with E-state index in [1.54, 1.807) is 37.7 Å². The second-order valence-electron chi connectivity index (χ2n) is 7.84. The topological polar surface area (TPSA) is 43.7 Å². The van der Waals surface area contributed by atoms with Gasteiger partial charge in [0.25, 0.3) is 5.91 Å². The molecule has 0 radical (unpaired) electrons. The Morgan fingerprint density at radius 3 is 2.50 bits per heavy atom. The fourth-order valence-corrected chi connectivity index (χ4v) is 5.29. The summed E-state index contributed by atoms with van der Waals surface area (Å²) in [6, 6.07) is 14.4. The van der Waals surface area contributed by atoms with Crippen molar-refractivity contribution in [2.45, 2.75) is 19.5 Å². The Kier molecular flexibility index (Phi) is 5.35. The minimum atomic E-state index is -0.260. The molecule has 0 spiro atoms. The summed E-state index contributed by atoms with van der Waals surface area (Å²) in [7, 11) is 3.23. The number of halogens is 1. The maximum atomic E-state index is 13.4. The van der Waals surface area contributed by atoms with E-state index in [2.05, 4.69) is 16.0 Å². The molecule has 7 heteroatoms. The summed E-state index contributed by atoms with van der Waals surface area (Å²) in [6.07, 6.45) is 0.724. The van der Waals surface area contributed by atoms with Crippen molar-refractivity contribution in [3.05, 3.63) is 82.1 Å². The standard InChI is InChI=1S/C25H23FN2O3S/c1-30-21-8-5-16(13-22(21)31-2)9-11-27-15-19-23(25(27)29)28(20-10-12-32-24(19)20)14-17-3-6-18(26)7-4-17/h3-8,10,12-13H,9,11,14-15H2,1-2H3. The largest absolute Gasteiger partial charge is 0.493 e. The van der Waals surface area contributed by atoms with E-state index in [-0.39, 0.29) is 11.7 Å². The van der Waals surface area contributed by atoms with Gasteiger partial charge in [0.1, 0.15) is 11.5 Å². The summed E-state index contributed by atoms with van der Waals surface area (Å²) in [5, 5.41) is 2.06. The smallest absolute Gasteiger partial charge is 0.271 e. The van der Waals surface area contributed by atoms with E-state index in [4.69, 9.17) is 9.47 Å². The molecule has 5 nitrogen and oxygen atoms in total. The van der Waals surface area contributed by atoms with Gasteiger partial charge in [-0.2, -0.15) is 0 Å². The van der Waals surface area contributed by atoms with Crippen LogP contribution in [-0.4, -0.2) is 36.1 Å². The number of rotatable bonds is 7. The number of hydrogen-bond donors (Lipinski definition) is 0. The van der Waals surface area contributed by atoms with Gasteiger partial charge in [-0.15, -0.1) is 11.3 Å². The molecule has 5 rings (SSSR count). The first kappa shape index (κ1) is 20.6. The fourth-order valence-electron chi connectivity index (χ4n) is 4.35. The number of thiophene rings is 1. The van der Waals surface area contributed by atoms with Crippen LogP contribution in [0, 0.1) is 5.82 Å². The van der Waals surface area contributed by atoms with Gasteiger partial charge in [-0.3, -0.25) is 4.79 Å². The number of nitrogens with zero attached hydrogens (tertiary/aromatic N) is 2. The highest BCUT2D eigenvalue weighted by Gasteiger charge is 2.34. The summed E-state index contributed by atoms with van der Waals surface area (Å²) in [5.41, 5.74) is 4.96. The fraction of sp³-hybridized carbons (Fsp3) is 0.240. The van der Waals surface area contributed by atoms with E-state index in [1.807, 2.05) is 23.1 Å². The number of amides is 1. The molecule has 0 fully saturated rings. The number of carbonyl (C=O) groups excluding carboxylic acids is 1. The first-order chi connectivity index (χ1) is 15.6. The van der Waals surface area contributed by atoms with Gasteiger partial charge in [0.2, 0.25) is 0 Å². The second kappa shape index (κ2) is 8.31. The summed E-state index contributed by atoms with van der Waals surface area (Å²) in [5.74, 6) is 1.17. The molecule has 164 valence electrons. The van der Waals surface area contributed by atoms with Crippen LogP contribution < -0.4 is 9.47 Å². The van der Waals surface area contributed by atoms with Gasteiger partial charge < -0.3 is 18.9 Å². The Bertz CT molecular complexity index is 1290. The molecular formula is C25H23FN2O3S. The van der Waals surface area contributed by atoms with Crippen LogP contribution in [0.2, 0.25) is 0 Å². The first-order valence-corrected chi connectivity index (χ1v) is 11.3. The summed E-state index contributed by atoms with van der Waals surface area (Å²) in [6.45, 7) is 1.76. The third-order valence-corrected chi connectivity index (χ3v) is 6.94. The van der Waals surface area contributed by atoms with Gasteiger partial charge in [0.15, 0.2) is 11.5 Å². The second-order valence-corrected chi connectivity index (χ2v) is 8.76. The number of ether oxygens (including phenoxy) is 2. The predicted molar refractivity (Wildman–Crippen MR) is 123 cm³/mol. The molecule has 0 aliphatic carbocycles. The van der Waals surface area contributed by atoms with Crippen molar-refractivity contribution in [2.24, 2.45) is 0 Å². The van der Waals surface area contributed by atoms with Gasteiger partial charge in [0.05, 0.1) is 24.4 Å². The number of methoxy groups -OCH3 is 2. The SMILES string of the molecule is COc1ccc(CCN2Cc3c(n(Cc4ccc(F)cc4)c4ccsc34)C2=O)cc1OC. The molecule has 32 heavy (non-hydrogen) atoms. The zero-order valence-electron chi connectivity index (χ0n) is 17.9. The third kappa shape index (κ3) is 3.52. The molecule has 2 aromatic heterocycles. The van der Waals surface area contributed by atoms with Crippen molar-refractivity contribution < 1.29 is 18.7 Å². The maximum Gasteiger partial charge on any atom is 0.271 e. The Labute approximate surface area is 189 Å². The normalized spacial score (nSPS) is 13.1. The molecule has 1 aliphatic rings. The van der Waals surface area contributed by atoms with Crippen LogP contribution >= 0.6 is 11.3 Å². The lowest BCUT2D eigenvalue weighted by atomic mass is 10.1. The molecule has 4 aromatic rings. The van der Waals surface area contributed by atoms with Gasteiger partial charge in [-0.1, -0.05) is 18.2 Å². The Balaban J connectivity index is 1.39. The van der Waals surface area contributed by atoms with Gasteiger partial charge in [-0.25, -0.2) is 4.39 Å². The average Bonchev–Trinajstić information content (AvgIpc) is 3.48. The lowest BCUT2D eigenvalue weighted by Gasteiger charge is -2.18. The van der Waals surface area contributed by atoms with Crippen LogP contribution in [0.3, 0.4) is 0 Å². The van der Waals surface area contributed by atoms with E-state index in [0.29, 0.717) is 31.1 Å². The van der Waals surface area contributed by atoms with Gasteiger partial charge >= 0.3 is 0 Å². The van der Waals surface area contributed by atoms with Gasteiger partial charge in [-0.05, 0) is 53.3 Å². The molecule has 3 heterocycles. The van der Waals surface area contributed by atoms with Crippen molar-refractivity contribution in [3.63, 3.8) is 0 Å². The molecule has 0 saturated heterocycles. The minimum absolute atomic E-state index is 0.0472. The first-order valence-electron chi connectivity index (χ1n) is 10.4. The Morgan fingerprint density at radius 1 is 1.00 bits per heavy atom.